The highest BCUT2D eigenvalue weighted by atomic mass is 14.2. The average Bonchev–Trinajstić information content (AvgIpc) is 2.34. The predicted molar refractivity (Wildman–Crippen MR) is 50.5 cm³/mol. The van der Waals surface area contributed by atoms with Crippen molar-refractivity contribution in [3.63, 3.8) is 0 Å². The first kappa shape index (κ1) is 8.32. The van der Waals surface area contributed by atoms with E-state index < -0.39 is 0 Å². The molecular formula is C11H16. The Hall–Kier alpha value is -0.780. The molecule has 60 valence electrons. The smallest absolute Gasteiger partial charge is 0.00981 e. The molecule has 1 aliphatic rings. The monoisotopic (exact) mass is 148 g/mol. The Balaban J connectivity index is 2.84. The molecule has 0 heteroatoms. The van der Waals surface area contributed by atoms with Gasteiger partial charge in [0.15, 0.2) is 0 Å². The average molecular weight is 148 g/mol. The zero-order valence-electron chi connectivity index (χ0n) is 7.48. The van der Waals surface area contributed by atoms with Gasteiger partial charge in [0.2, 0.25) is 0 Å². The Bertz CT molecular complexity index is 216. The molecule has 0 aromatic heterocycles. The van der Waals surface area contributed by atoms with Gasteiger partial charge in [-0.2, -0.15) is 0 Å². The highest BCUT2D eigenvalue weighted by Crippen LogP contribution is 2.32. The van der Waals surface area contributed by atoms with Gasteiger partial charge in [-0.15, -0.1) is 6.58 Å². The SMILES string of the molecule is C=CCC1=C(C)CCC1=CC. The summed E-state index contributed by atoms with van der Waals surface area (Å²) in [5.74, 6) is 0. The van der Waals surface area contributed by atoms with Crippen LogP contribution in [-0.4, -0.2) is 0 Å². The third-order valence-corrected chi connectivity index (χ3v) is 2.37. The van der Waals surface area contributed by atoms with Crippen molar-refractivity contribution < 1.29 is 0 Å². The highest BCUT2D eigenvalue weighted by Gasteiger charge is 2.13. The summed E-state index contributed by atoms with van der Waals surface area (Å²) in [5.41, 5.74) is 4.61. The molecule has 0 N–H and O–H groups in total. The first-order valence-electron chi connectivity index (χ1n) is 4.24. The molecule has 0 aromatic carbocycles. The largest absolute Gasteiger partial charge is 0.103 e. The minimum Gasteiger partial charge on any atom is -0.103 e. The lowest BCUT2D eigenvalue weighted by molar-refractivity contribution is 1.01. The van der Waals surface area contributed by atoms with Gasteiger partial charge in [-0.1, -0.05) is 17.7 Å². The fourth-order valence-corrected chi connectivity index (χ4v) is 1.67. The molecule has 0 unspecified atom stereocenters. The zero-order valence-corrected chi connectivity index (χ0v) is 7.48. The van der Waals surface area contributed by atoms with Gasteiger partial charge in [-0.25, -0.2) is 0 Å². The minimum absolute atomic E-state index is 1.05. The van der Waals surface area contributed by atoms with Crippen LogP contribution >= 0.6 is 0 Å². The Labute approximate surface area is 69.3 Å². The summed E-state index contributed by atoms with van der Waals surface area (Å²) in [6, 6.07) is 0. The van der Waals surface area contributed by atoms with Gasteiger partial charge in [0.25, 0.3) is 0 Å². The van der Waals surface area contributed by atoms with Crippen LogP contribution in [0.25, 0.3) is 0 Å². The molecule has 0 amide bonds. The van der Waals surface area contributed by atoms with Crippen molar-refractivity contribution in [1.82, 2.24) is 0 Å². The fourth-order valence-electron chi connectivity index (χ4n) is 1.67. The molecule has 0 saturated heterocycles. The second kappa shape index (κ2) is 3.56. The third-order valence-electron chi connectivity index (χ3n) is 2.37. The second-order valence-corrected chi connectivity index (χ2v) is 3.07. The van der Waals surface area contributed by atoms with Crippen LogP contribution in [-0.2, 0) is 0 Å². The van der Waals surface area contributed by atoms with Crippen molar-refractivity contribution in [3.05, 3.63) is 35.5 Å². The molecule has 0 heterocycles. The normalized spacial score (nSPS) is 21.5. The quantitative estimate of drug-likeness (QED) is 0.525. The number of hydrogen-bond acceptors (Lipinski definition) is 0. The standard InChI is InChI=1S/C11H16/c1-4-6-11-9(3)7-8-10(11)5-2/h4-5H,1,6-8H2,2-3H3. The van der Waals surface area contributed by atoms with Crippen LogP contribution in [0.1, 0.15) is 33.1 Å². The van der Waals surface area contributed by atoms with E-state index >= 15 is 0 Å². The number of hydrogen-bond donors (Lipinski definition) is 0. The van der Waals surface area contributed by atoms with Crippen molar-refractivity contribution in [3.8, 4) is 0 Å². The van der Waals surface area contributed by atoms with E-state index in [-0.39, 0.29) is 0 Å². The maximum atomic E-state index is 3.77. The maximum Gasteiger partial charge on any atom is -0.00981 e. The third kappa shape index (κ3) is 1.62. The molecule has 0 radical (unpaired) electrons. The van der Waals surface area contributed by atoms with Crippen LogP contribution in [0.5, 0.6) is 0 Å². The molecule has 1 rings (SSSR count). The van der Waals surface area contributed by atoms with Gasteiger partial charge in [0.1, 0.15) is 0 Å². The molecular weight excluding hydrogens is 132 g/mol. The van der Waals surface area contributed by atoms with Crippen LogP contribution in [0.15, 0.2) is 35.5 Å². The van der Waals surface area contributed by atoms with Crippen molar-refractivity contribution in [2.24, 2.45) is 0 Å². The summed E-state index contributed by atoms with van der Waals surface area (Å²) in [6.07, 6.45) is 7.77. The summed E-state index contributed by atoms with van der Waals surface area (Å²) in [5, 5.41) is 0. The molecule has 0 fully saturated rings. The van der Waals surface area contributed by atoms with E-state index in [0.717, 1.165) is 6.42 Å². The van der Waals surface area contributed by atoms with Gasteiger partial charge in [0, 0.05) is 0 Å². The lowest BCUT2D eigenvalue weighted by Crippen LogP contribution is -1.81. The van der Waals surface area contributed by atoms with Gasteiger partial charge in [-0.3, -0.25) is 0 Å². The molecule has 0 saturated carbocycles. The van der Waals surface area contributed by atoms with Crippen molar-refractivity contribution >= 4 is 0 Å². The van der Waals surface area contributed by atoms with Crippen LogP contribution in [0.3, 0.4) is 0 Å². The second-order valence-electron chi connectivity index (χ2n) is 3.07. The van der Waals surface area contributed by atoms with E-state index in [0.29, 0.717) is 0 Å². The number of allylic oxidation sites excluding steroid dienone is 5. The first-order valence-corrected chi connectivity index (χ1v) is 4.24. The fraction of sp³-hybridized carbons (Fsp3) is 0.455. The highest BCUT2D eigenvalue weighted by molar-refractivity contribution is 5.41. The molecule has 11 heavy (non-hydrogen) atoms. The Kier molecular flexibility index (Phi) is 2.70. The Morgan fingerprint density at radius 1 is 1.45 bits per heavy atom. The summed E-state index contributed by atoms with van der Waals surface area (Å²) >= 11 is 0. The molecule has 0 bridgehead atoms. The topological polar surface area (TPSA) is 0 Å². The van der Waals surface area contributed by atoms with Crippen molar-refractivity contribution in [2.75, 3.05) is 0 Å². The van der Waals surface area contributed by atoms with E-state index in [9.17, 15) is 0 Å². The lowest BCUT2D eigenvalue weighted by atomic mass is 10.0. The summed E-state index contributed by atoms with van der Waals surface area (Å²) < 4.78 is 0. The summed E-state index contributed by atoms with van der Waals surface area (Å²) in [6.45, 7) is 8.12. The van der Waals surface area contributed by atoms with Gasteiger partial charge in [0.05, 0.1) is 0 Å². The minimum atomic E-state index is 1.05. The van der Waals surface area contributed by atoms with Gasteiger partial charge < -0.3 is 0 Å². The summed E-state index contributed by atoms with van der Waals surface area (Å²) in [7, 11) is 0. The summed E-state index contributed by atoms with van der Waals surface area (Å²) in [4.78, 5) is 0. The number of rotatable bonds is 2. The van der Waals surface area contributed by atoms with E-state index in [2.05, 4.69) is 26.5 Å². The Morgan fingerprint density at radius 2 is 2.18 bits per heavy atom. The molecule has 1 aliphatic carbocycles. The van der Waals surface area contributed by atoms with Crippen LogP contribution in [0.2, 0.25) is 0 Å². The van der Waals surface area contributed by atoms with E-state index in [1.165, 1.54) is 24.0 Å². The Morgan fingerprint density at radius 3 is 2.73 bits per heavy atom. The first-order chi connectivity index (χ1) is 5.29. The molecule has 0 spiro atoms. The van der Waals surface area contributed by atoms with Gasteiger partial charge >= 0.3 is 0 Å². The van der Waals surface area contributed by atoms with Crippen LogP contribution in [0.4, 0.5) is 0 Å². The van der Waals surface area contributed by atoms with Crippen LogP contribution < -0.4 is 0 Å². The zero-order chi connectivity index (χ0) is 8.27. The lowest BCUT2D eigenvalue weighted by Gasteiger charge is -2.01. The van der Waals surface area contributed by atoms with Crippen molar-refractivity contribution in [1.29, 1.82) is 0 Å². The van der Waals surface area contributed by atoms with E-state index in [4.69, 9.17) is 0 Å². The molecule has 0 aromatic rings. The van der Waals surface area contributed by atoms with E-state index in [1.807, 2.05) is 6.08 Å². The maximum absolute atomic E-state index is 3.77. The van der Waals surface area contributed by atoms with E-state index in [1.54, 1.807) is 5.57 Å². The van der Waals surface area contributed by atoms with Gasteiger partial charge in [-0.05, 0) is 44.3 Å². The molecule has 0 atom stereocenters. The molecule has 0 nitrogen and oxygen atoms in total. The van der Waals surface area contributed by atoms with Crippen LogP contribution in [0, 0.1) is 0 Å². The van der Waals surface area contributed by atoms with Crippen molar-refractivity contribution in [2.45, 2.75) is 33.1 Å². The molecule has 0 aliphatic heterocycles. The predicted octanol–water partition coefficient (Wildman–Crippen LogP) is 3.62.